The van der Waals surface area contributed by atoms with Gasteiger partial charge in [-0.3, -0.25) is 14.5 Å². The first-order valence-corrected chi connectivity index (χ1v) is 9.36. The number of nitrogens with zero attached hydrogens (tertiary/aromatic N) is 1. The number of phenols is 2. The zero-order valence-corrected chi connectivity index (χ0v) is 16.9. The van der Waals surface area contributed by atoms with E-state index >= 15 is 0 Å². The van der Waals surface area contributed by atoms with E-state index in [9.17, 15) is 29.7 Å². The lowest BCUT2D eigenvalue weighted by Gasteiger charge is -2.32. The van der Waals surface area contributed by atoms with Gasteiger partial charge in [0.1, 0.15) is 18.0 Å². The predicted molar refractivity (Wildman–Crippen MR) is 108 cm³/mol. The average molecular weight is 427 g/mol. The van der Waals surface area contributed by atoms with Gasteiger partial charge in [-0.15, -0.1) is 0 Å². The van der Waals surface area contributed by atoms with Crippen LogP contribution in [0.5, 0.6) is 11.5 Å². The van der Waals surface area contributed by atoms with Crippen LogP contribution in [0.4, 0.5) is 0 Å². The number of esters is 2. The van der Waals surface area contributed by atoms with Crippen molar-refractivity contribution in [1.82, 2.24) is 4.90 Å². The molecular weight excluding hydrogens is 406 g/mol. The number of carbonyl (C=O) groups excluding carboxylic acids is 3. The molecule has 9 nitrogen and oxygen atoms in total. The topological polar surface area (TPSA) is 134 Å². The van der Waals surface area contributed by atoms with Crippen molar-refractivity contribution in [3.63, 3.8) is 0 Å². The van der Waals surface area contributed by atoms with Gasteiger partial charge in [0, 0.05) is 5.57 Å². The van der Waals surface area contributed by atoms with Gasteiger partial charge in [0.25, 0.3) is 11.6 Å². The quantitative estimate of drug-likeness (QED) is 0.587. The second-order valence-corrected chi connectivity index (χ2v) is 6.70. The molecule has 0 saturated heterocycles. The highest BCUT2D eigenvalue weighted by molar-refractivity contribution is 6.34. The van der Waals surface area contributed by atoms with E-state index in [0.29, 0.717) is 10.5 Å². The van der Waals surface area contributed by atoms with Crippen LogP contribution in [-0.2, 0) is 23.9 Å². The number of phenolic OH excluding ortho intramolecular Hbond substituents is 2. The minimum absolute atomic E-state index is 0.0422. The molecule has 3 rings (SSSR count). The first kappa shape index (κ1) is 21.8. The maximum Gasteiger partial charge on any atom is 0.364 e. The Bertz CT molecular complexity index is 1040. The molecule has 1 heterocycles. The van der Waals surface area contributed by atoms with E-state index in [1.54, 1.807) is 6.92 Å². The van der Waals surface area contributed by atoms with Crippen molar-refractivity contribution in [2.24, 2.45) is 0 Å². The van der Waals surface area contributed by atoms with E-state index in [-0.39, 0.29) is 34.8 Å². The molecule has 2 aromatic carbocycles. The number of hydrogen-bond donors (Lipinski definition) is 3. The van der Waals surface area contributed by atoms with Crippen LogP contribution in [-0.4, -0.2) is 64.1 Å². The average Bonchev–Trinajstić information content (AvgIpc) is 2.97. The third-order valence-electron chi connectivity index (χ3n) is 4.82. The number of hydrogen-bond acceptors (Lipinski definition) is 8. The summed E-state index contributed by atoms with van der Waals surface area (Å²) in [5.41, 5.74) is -2.29. The lowest BCUT2D eigenvalue weighted by Crippen LogP contribution is -2.56. The fraction of sp³-hybridized carbons (Fsp3) is 0.227. The molecule has 1 amide bonds. The molecule has 0 unspecified atom stereocenters. The van der Waals surface area contributed by atoms with Crippen molar-refractivity contribution < 1.29 is 39.2 Å². The van der Waals surface area contributed by atoms with Gasteiger partial charge in [-0.05, 0) is 42.3 Å². The van der Waals surface area contributed by atoms with Crippen molar-refractivity contribution in [2.75, 3.05) is 20.3 Å². The van der Waals surface area contributed by atoms with Crippen LogP contribution >= 0.6 is 0 Å². The molecule has 1 aliphatic heterocycles. The maximum atomic E-state index is 13.4. The van der Waals surface area contributed by atoms with E-state index in [4.69, 9.17) is 9.47 Å². The van der Waals surface area contributed by atoms with Crippen LogP contribution in [0.25, 0.3) is 11.1 Å². The number of methoxy groups -OCH3 is 1. The molecule has 31 heavy (non-hydrogen) atoms. The fourth-order valence-electron chi connectivity index (χ4n) is 3.44. The Morgan fingerprint density at radius 1 is 0.968 bits per heavy atom. The molecule has 1 atom stereocenters. The lowest BCUT2D eigenvalue weighted by molar-refractivity contribution is -0.178. The number of aliphatic hydroxyl groups is 1. The Morgan fingerprint density at radius 3 is 1.97 bits per heavy atom. The fourth-order valence-corrected chi connectivity index (χ4v) is 3.44. The summed E-state index contributed by atoms with van der Waals surface area (Å²) in [4.78, 5) is 39.0. The molecule has 2 aromatic rings. The van der Waals surface area contributed by atoms with E-state index in [0.717, 1.165) is 7.11 Å². The van der Waals surface area contributed by atoms with Gasteiger partial charge in [-0.2, -0.15) is 0 Å². The summed E-state index contributed by atoms with van der Waals surface area (Å²) in [6, 6.07) is 11.0. The first-order chi connectivity index (χ1) is 14.7. The monoisotopic (exact) mass is 427 g/mol. The molecule has 162 valence electrons. The summed E-state index contributed by atoms with van der Waals surface area (Å²) in [6.07, 6.45) is 0. The summed E-state index contributed by atoms with van der Waals surface area (Å²) in [5, 5.41) is 30.8. The van der Waals surface area contributed by atoms with Gasteiger partial charge < -0.3 is 24.8 Å². The number of benzene rings is 2. The van der Waals surface area contributed by atoms with Gasteiger partial charge in [0.05, 0.1) is 19.3 Å². The van der Waals surface area contributed by atoms with Gasteiger partial charge in [0.15, 0.2) is 0 Å². The highest BCUT2D eigenvalue weighted by Crippen LogP contribution is 2.45. The van der Waals surface area contributed by atoms with Gasteiger partial charge in [-0.1, -0.05) is 24.3 Å². The number of rotatable bonds is 6. The van der Waals surface area contributed by atoms with E-state index < -0.39 is 30.1 Å². The van der Waals surface area contributed by atoms with Crippen molar-refractivity contribution in [1.29, 1.82) is 0 Å². The van der Waals surface area contributed by atoms with Crippen LogP contribution < -0.4 is 0 Å². The predicted octanol–water partition coefficient (Wildman–Crippen LogP) is 1.28. The lowest BCUT2D eigenvalue weighted by atomic mass is 9.90. The smallest absolute Gasteiger partial charge is 0.364 e. The second-order valence-electron chi connectivity index (χ2n) is 6.70. The molecule has 1 aliphatic rings. The van der Waals surface area contributed by atoms with Crippen molar-refractivity contribution in [3.8, 4) is 11.5 Å². The molecule has 0 saturated carbocycles. The van der Waals surface area contributed by atoms with E-state index in [2.05, 4.69) is 0 Å². The van der Waals surface area contributed by atoms with Crippen molar-refractivity contribution >= 4 is 29.0 Å². The third-order valence-corrected chi connectivity index (χ3v) is 4.82. The molecule has 0 aliphatic carbocycles. The Labute approximate surface area is 177 Å². The normalized spacial score (nSPS) is 18.3. The number of amides is 1. The molecule has 3 N–H and O–H groups in total. The molecule has 9 heteroatoms. The van der Waals surface area contributed by atoms with Crippen LogP contribution in [0.2, 0.25) is 0 Å². The molecule has 0 aromatic heterocycles. The minimum atomic E-state index is -2.64. The number of ether oxygens (including phenoxy) is 2. The summed E-state index contributed by atoms with van der Waals surface area (Å²) in [5.74, 6) is -2.93. The molecule has 0 fully saturated rings. The summed E-state index contributed by atoms with van der Waals surface area (Å²) in [7, 11) is 1.04. The Morgan fingerprint density at radius 2 is 1.48 bits per heavy atom. The summed E-state index contributed by atoms with van der Waals surface area (Å²) >= 11 is 0. The molecule has 0 radical (unpaired) electrons. The van der Waals surface area contributed by atoms with E-state index in [1.165, 1.54) is 48.5 Å². The Kier molecular flexibility index (Phi) is 5.98. The maximum absolute atomic E-state index is 13.4. The second kappa shape index (κ2) is 8.49. The van der Waals surface area contributed by atoms with Crippen LogP contribution in [0.3, 0.4) is 0 Å². The Balaban J connectivity index is 2.29. The summed E-state index contributed by atoms with van der Waals surface area (Å²) < 4.78 is 9.67. The van der Waals surface area contributed by atoms with Crippen LogP contribution in [0, 0.1) is 0 Å². The molecular formula is C22H21NO8. The van der Waals surface area contributed by atoms with Crippen LogP contribution in [0.15, 0.2) is 48.5 Å². The SMILES string of the molecule is CCOC(=O)CN1C(=O)C(c2ccc(O)cc2)=C(c2ccc(O)cc2)[C@@]1(O)C(=O)OC. The number of carbonyl (C=O) groups is 3. The third kappa shape index (κ3) is 3.82. The molecule has 0 bridgehead atoms. The van der Waals surface area contributed by atoms with Crippen LogP contribution in [0.1, 0.15) is 18.1 Å². The largest absolute Gasteiger partial charge is 0.508 e. The zero-order valence-electron chi connectivity index (χ0n) is 16.9. The van der Waals surface area contributed by atoms with Gasteiger partial charge >= 0.3 is 11.9 Å². The van der Waals surface area contributed by atoms with E-state index in [1.807, 2.05) is 0 Å². The van der Waals surface area contributed by atoms with Crippen molar-refractivity contribution in [2.45, 2.75) is 12.6 Å². The standard InChI is InChI=1S/C22H21NO8/c1-3-31-17(26)12-23-20(27)18(13-4-8-15(24)9-5-13)19(22(23,29)21(28)30-2)14-6-10-16(25)11-7-14/h4-11,24-25,29H,3,12H2,1-2H3/t22-/m1/s1. The highest BCUT2D eigenvalue weighted by atomic mass is 16.5. The van der Waals surface area contributed by atoms with Gasteiger partial charge in [0.2, 0.25) is 0 Å². The summed E-state index contributed by atoms with van der Waals surface area (Å²) in [6.45, 7) is 0.917. The number of aromatic hydroxyl groups is 2. The Hall–Kier alpha value is -3.85. The van der Waals surface area contributed by atoms with Gasteiger partial charge in [-0.25, -0.2) is 4.79 Å². The van der Waals surface area contributed by atoms with Crippen molar-refractivity contribution in [3.05, 3.63) is 59.7 Å². The zero-order chi connectivity index (χ0) is 22.8. The minimum Gasteiger partial charge on any atom is -0.508 e. The molecule has 0 spiro atoms. The first-order valence-electron chi connectivity index (χ1n) is 9.36. The highest BCUT2D eigenvalue weighted by Gasteiger charge is 2.58.